The molecule has 1 aliphatic carbocycles. The molecule has 6 nitrogen and oxygen atoms in total. The summed E-state index contributed by atoms with van der Waals surface area (Å²) in [5.41, 5.74) is 1.49. The molecule has 2 N–H and O–H groups in total. The molecule has 0 spiro atoms. The van der Waals surface area contributed by atoms with Crippen LogP contribution in [0, 0.1) is 5.92 Å². The van der Waals surface area contributed by atoms with Crippen molar-refractivity contribution in [3.8, 4) is 0 Å². The van der Waals surface area contributed by atoms with Gasteiger partial charge in [0.25, 0.3) is 5.91 Å². The van der Waals surface area contributed by atoms with Crippen LogP contribution in [0.1, 0.15) is 36.5 Å². The van der Waals surface area contributed by atoms with Crippen LogP contribution in [0.5, 0.6) is 0 Å². The van der Waals surface area contributed by atoms with Crippen molar-refractivity contribution in [3.63, 3.8) is 0 Å². The highest BCUT2D eigenvalue weighted by atomic mass is 35.5. The number of nitrogens with one attached hydrogen (secondary N) is 2. The van der Waals surface area contributed by atoms with E-state index >= 15 is 0 Å². The van der Waals surface area contributed by atoms with Gasteiger partial charge in [0.2, 0.25) is 11.8 Å². The second kappa shape index (κ2) is 9.96. The first-order valence-electron chi connectivity index (χ1n) is 9.82. The van der Waals surface area contributed by atoms with Crippen LogP contribution in [0.3, 0.4) is 0 Å². The third-order valence-electron chi connectivity index (χ3n) is 4.67. The highest BCUT2D eigenvalue weighted by molar-refractivity contribution is 6.35. The van der Waals surface area contributed by atoms with E-state index in [0.717, 1.165) is 12.8 Å². The largest absolute Gasteiger partial charge is 0.329 e. The summed E-state index contributed by atoms with van der Waals surface area (Å²) >= 11 is 12.0. The third-order valence-corrected chi connectivity index (χ3v) is 5.23. The first kappa shape index (κ1) is 22.1. The van der Waals surface area contributed by atoms with Gasteiger partial charge in [0.05, 0.1) is 10.7 Å². The molecule has 0 aromatic heterocycles. The van der Waals surface area contributed by atoms with Crippen LogP contribution in [-0.4, -0.2) is 35.7 Å². The van der Waals surface area contributed by atoms with Crippen LogP contribution in [-0.2, 0) is 9.59 Å². The molecule has 0 atom stereocenters. The average molecular weight is 448 g/mol. The van der Waals surface area contributed by atoms with Crippen LogP contribution < -0.4 is 10.6 Å². The molecular weight excluding hydrogens is 425 g/mol. The number of amides is 3. The van der Waals surface area contributed by atoms with E-state index in [9.17, 15) is 14.4 Å². The van der Waals surface area contributed by atoms with Crippen LogP contribution in [0.2, 0.25) is 10.0 Å². The molecule has 0 unspecified atom stereocenters. The summed E-state index contributed by atoms with van der Waals surface area (Å²) in [5, 5.41) is 6.35. The first-order valence-corrected chi connectivity index (χ1v) is 10.6. The maximum atomic E-state index is 12.9. The first-order chi connectivity index (χ1) is 14.4. The van der Waals surface area contributed by atoms with E-state index in [1.807, 2.05) is 6.92 Å². The van der Waals surface area contributed by atoms with Crippen molar-refractivity contribution >= 4 is 52.3 Å². The van der Waals surface area contributed by atoms with Crippen LogP contribution in [0.15, 0.2) is 42.5 Å². The Morgan fingerprint density at radius 3 is 2.37 bits per heavy atom. The summed E-state index contributed by atoms with van der Waals surface area (Å²) in [6.45, 7) is 2.24. The Morgan fingerprint density at radius 2 is 1.73 bits per heavy atom. The standard InChI is InChI=1S/C22H23Cl2N3O3/c1-2-11-27(13-20(28)26-19-12-16(23)7-10-18(19)24)22(30)15-5-8-17(9-6-15)25-21(29)14-3-4-14/h5-10,12,14H,2-4,11,13H2,1H3,(H,25,29)(H,26,28). The Hall–Kier alpha value is -2.57. The van der Waals surface area contributed by atoms with Gasteiger partial charge in [0.1, 0.15) is 6.54 Å². The fourth-order valence-corrected chi connectivity index (χ4v) is 3.28. The number of benzene rings is 2. The predicted octanol–water partition coefficient (Wildman–Crippen LogP) is 4.83. The molecule has 1 aliphatic rings. The summed E-state index contributed by atoms with van der Waals surface area (Å²) in [7, 11) is 0. The molecule has 0 saturated heterocycles. The second-order valence-electron chi connectivity index (χ2n) is 7.24. The zero-order valence-corrected chi connectivity index (χ0v) is 18.1. The SMILES string of the molecule is CCCN(CC(=O)Nc1cc(Cl)ccc1Cl)C(=O)c1ccc(NC(=O)C2CC2)cc1. The number of hydrogen-bond donors (Lipinski definition) is 2. The van der Waals surface area contributed by atoms with Crippen molar-refractivity contribution in [2.75, 3.05) is 23.7 Å². The van der Waals surface area contributed by atoms with E-state index in [4.69, 9.17) is 23.2 Å². The Bertz CT molecular complexity index is 943. The van der Waals surface area contributed by atoms with E-state index in [1.54, 1.807) is 42.5 Å². The minimum absolute atomic E-state index is 0.0121. The maximum Gasteiger partial charge on any atom is 0.254 e. The topological polar surface area (TPSA) is 78.5 Å². The third kappa shape index (κ3) is 5.97. The Morgan fingerprint density at radius 1 is 1.03 bits per heavy atom. The molecule has 30 heavy (non-hydrogen) atoms. The monoisotopic (exact) mass is 447 g/mol. The van der Waals surface area contributed by atoms with Crippen molar-refractivity contribution < 1.29 is 14.4 Å². The summed E-state index contributed by atoms with van der Waals surface area (Å²) in [4.78, 5) is 38.7. The van der Waals surface area contributed by atoms with E-state index < -0.39 is 0 Å². The Balaban J connectivity index is 1.64. The molecule has 158 valence electrons. The lowest BCUT2D eigenvalue weighted by atomic mass is 10.1. The van der Waals surface area contributed by atoms with E-state index in [2.05, 4.69) is 10.6 Å². The lowest BCUT2D eigenvalue weighted by Crippen LogP contribution is -2.38. The number of carbonyl (C=O) groups excluding carboxylic acids is 3. The molecular formula is C22H23Cl2N3O3. The number of hydrogen-bond acceptors (Lipinski definition) is 3. The highest BCUT2D eigenvalue weighted by Gasteiger charge is 2.29. The molecule has 0 bridgehead atoms. The molecule has 0 heterocycles. The van der Waals surface area contributed by atoms with Gasteiger partial charge < -0.3 is 15.5 Å². The van der Waals surface area contributed by atoms with Gasteiger partial charge in [-0.05, 0) is 61.7 Å². The van der Waals surface area contributed by atoms with Crippen molar-refractivity contribution in [2.24, 2.45) is 5.92 Å². The molecule has 2 aromatic carbocycles. The molecule has 8 heteroatoms. The van der Waals surface area contributed by atoms with Crippen LogP contribution >= 0.6 is 23.2 Å². The summed E-state index contributed by atoms with van der Waals surface area (Å²) in [5.74, 6) is -0.505. The summed E-state index contributed by atoms with van der Waals surface area (Å²) < 4.78 is 0. The zero-order chi connectivity index (χ0) is 21.7. The van der Waals surface area contributed by atoms with E-state index in [-0.39, 0.29) is 30.2 Å². The van der Waals surface area contributed by atoms with E-state index in [1.165, 1.54) is 4.90 Å². The van der Waals surface area contributed by atoms with Gasteiger partial charge in [-0.2, -0.15) is 0 Å². The second-order valence-corrected chi connectivity index (χ2v) is 8.08. The van der Waals surface area contributed by atoms with Crippen molar-refractivity contribution in [1.29, 1.82) is 0 Å². The molecule has 3 amide bonds. The summed E-state index contributed by atoms with van der Waals surface area (Å²) in [6, 6.07) is 11.5. The van der Waals surface area contributed by atoms with Gasteiger partial charge in [-0.1, -0.05) is 30.1 Å². The quantitative estimate of drug-likeness (QED) is 0.607. The van der Waals surface area contributed by atoms with Crippen molar-refractivity contribution in [3.05, 3.63) is 58.1 Å². The van der Waals surface area contributed by atoms with Gasteiger partial charge in [-0.15, -0.1) is 0 Å². The van der Waals surface area contributed by atoms with Crippen molar-refractivity contribution in [2.45, 2.75) is 26.2 Å². The smallest absolute Gasteiger partial charge is 0.254 e. The fraction of sp³-hybridized carbons (Fsp3) is 0.318. The molecule has 2 aromatic rings. The van der Waals surface area contributed by atoms with Gasteiger partial charge in [0, 0.05) is 28.7 Å². The lowest BCUT2D eigenvalue weighted by Gasteiger charge is -2.22. The number of rotatable bonds is 8. The highest BCUT2D eigenvalue weighted by Crippen LogP contribution is 2.30. The number of anilines is 2. The van der Waals surface area contributed by atoms with Gasteiger partial charge in [-0.25, -0.2) is 0 Å². The number of nitrogens with zero attached hydrogens (tertiary/aromatic N) is 1. The molecule has 1 saturated carbocycles. The molecule has 3 rings (SSSR count). The Labute approximate surface area is 185 Å². The average Bonchev–Trinajstić information content (AvgIpc) is 3.56. The van der Waals surface area contributed by atoms with Gasteiger partial charge in [-0.3, -0.25) is 14.4 Å². The molecule has 0 aliphatic heterocycles. The zero-order valence-electron chi connectivity index (χ0n) is 16.6. The van der Waals surface area contributed by atoms with Crippen LogP contribution in [0.25, 0.3) is 0 Å². The molecule has 0 radical (unpaired) electrons. The van der Waals surface area contributed by atoms with Crippen molar-refractivity contribution in [1.82, 2.24) is 4.90 Å². The van der Waals surface area contributed by atoms with Gasteiger partial charge in [0.15, 0.2) is 0 Å². The molecule has 1 fully saturated rings. The Kier molecular flexibility index (Phi) is 7.34. The van der Waals surface area contributed by atoms with Gasteiger partial charge >= 0.3 is 0 Å². The summed E-state index contributed by atoms with van der Waals surface area (Å²) in [6.07, 6.45) is 2.56. The minimum atomic E-state index is -0.366. The predicted molar refractivity (Wildman–Crippen MR) is 119 cm³/mol. The van der Waals surface area contributed by atoms with Crippen LogP contribution in [0.4, 0.5) is 11.4 Å². The lowest BCUT2D eigenvalue weighted by molar-refractivity contribution is -0.117. The fourth-order valence-electron chi connectivity index (χ4n) is 2.95. The normalized spacial score (nSPS) is 12.9. The van der Waals surface area contributed by atoms with E-state index in [0.29, 0.717) is 39.9 Å². The number of carbonyl (C=O) groups is 3. The maximum absolute atomic E-state index is 12.9. The number of halogens is 2. The minimum Gasteiger partial charge on any atom is -0.329 e.